The van der Waals surface area contributed by atoms with Crippen molar-refractivity contribution in [2.24, 2.45) is 17.8 Å². The van der Waals surface area contributed by atoms with Crippen molar-refractivity contribution >= 4 is 29.2 Å². The summed E-state index contributed by atoms with van der Waals surface area (Å²) in [5.41, 5.74) is 4.33. The molecule has 3 aromatic rings. The van der Waals surface area contributed by atoms with E-state index < -0.39 is 11.5 Å². The van der Waals surface area contributed by atoms with Gasteiger partial charge in [-0.3, -0.25) is 9.78 Å². The van der Waals surface area contributed by atoms with Crippen molar-refractivity contribution in [2.45, 2.75) is 107 Å². The lowest BCUT2D eigenvalue weighted by Gasteiger charge is -2.47. The average molecular weight is 786 g/mol. The molecule has 1 spiro atoms. The van der Waals surface area contributed by atoms with Crippen LogP contribution in [0.2, 0.25) is 5.02 Å². The SMILES string of the molecule is C[C@@H](COc1ccnc2c1[C@H](C)CCC2)C[C@H]1Cc2cc3c(cc2C12CCC(Nc1cccc(Cl)c1)(C(=O)O)CC2)O[C@@H](COCC1CC(=O)N(C)C1)CCO3. The highest BCUT2D eigenvalue weighted by Crippen LogP contribution is 2.58. The average Bonchev–Trinajstić information content (AvgIpc) is 3.54. The van der Waals surface area contributed by atoms with Crippen LogP contribution in [-0.4, -0.2) is 78.5 Å². The fraction of sp³-hybridized carbons (Fsp3) is 0.578. The number of hydrogen-bond donors (Lipinski definition) is 2. The van der Waals surface area contributed by atoms with Gasteiger partial charge in [-0.1, -0.05) is 31.5 Å². The summed E-state index contributed by atoms with van der Waals surface area (Å²) >= 11 is 6.32. The van der Waals surface area contributed by atoms with Gasteiger partial charge in [0.05, 0.1) is 26.4 Å². The fourth-order valence-electron chi connectivity index (χ4n) is 10.4. The zero-order valence-corrected chi connectivity index (χ0v) is 33.7. The number of aliphatic carboxylic acids is 1. The molecular formula is C45H56ClN3O7. The summed E-state index contributed by atoms with van der Waals surface area (Å²) < 4.78 is 25.8. The first-order valence-corrected chi connectivity index (χ1v) is 21.1. The Morgan fingerprint density at radius 2 is 1.95 bits per heavy atom. The Kier molecular flexibility index (Phi) is 11.2. The van der Waals surface area contributed by atoms with Gasteiger partial charge < -0.3 is 34.3 Å². The number of benzene rings is 2. The van der Waals surface area contributed by atoms with Crippen LogP contribution >= 0.6 is 11.6 Å². The van der Waals surface area contributed by atoms with Crippen LogP contribution in [0.1, 0.15) is 99.9 Å². The fourth-order valence-corrected chi connectivity index (χ4v) is 10.6. The zero-order chi connectivity index (χ0) is 39.0. The first kappa shape index (κ1) is 38.8. The van der Waals surface area contributed by atoms with Crippen molar-refractivity contribution in [3.63, 3.8) is 0 Å². The van der Waals surface area contributed by atoms with Gasteiger partial charge in [0.2, 0.25) is 5.91 Å². The highest BCUT2D eigenvalue weighted by Gasteiger charge is 2.54. The van der Waals surface area contributed by atoms with Crippen LogP contribution in [0.5, 0.6) is 17.2 Å². The van der Waals surface area contributed by atoms with Crippen molar-refractivity contribution in [3.05, 3.63) is 76.1 Å². The summed E-state index contributed by atoms with van der Waals surface area (Å²) in [7, 11) is 1.84. The van der Waals surface area contributed by atoms with Crippen LogP contribution in [0.4, 0.5) is 5.69 Å². The van der Waals surface area contributed by atoms with E-state index in [-0.39, 0.29) is 35.2 Å². The predicted octanol–water partition coefficient (Wildman–Crippen LogP) is 8.22. The van der Waals surface area contributed by atoms with Crippen LogP contribution in [-0.2, 0) is 32.6 Å². The van der Waals surface area contributed by atoms with Crippen LogP contribution in [0.25, 0.3) is 0 Å². The van der Waals surface area contributed by atoms with E-state index in [0.717, 1.165) is 49.5 Å². The van der Waals surface area contributed by atoms with Crippen LogP contribution < -0.4 is 19.5 Å². The minimum Gasteiger partial charge on any atom is -0.493 e. The minimum absolute atomic E-state index is 0.167. The lowest BCUT2D eigenvalue weighted by atomic mass is 9.59. The molecule has 2 fully saturated rings. The summed E-state index contributed by atoms with van der Waals surface area (Å²) in [6, 6.07) is 13.7. The van der Waals surface area contributed by atoms with E-state index in [2.05, 4.69) is 36.3 Å². The second kappa shape index (κ2) is 16.1. The van der Waals surface area contributed by atoms with Crippen LogP contribution in [0.15, 0.2) is 48.7 Å². The molecule has 3 aliphatic carbocycles. The second-order valence-corrected chi connectivity index (χ2v) is 17.8. The molecule has 5 aliphatic rings. The van der Waals surface area contributed by atoms with E-state index in [1.165, 1.54) is 28.8 Å². The number of fused-ring (bicyclic) bond motifs is 4. The molecule has 1 amide bonds. The molecule has 1 unspecified atom stereocenters. The maximum atomic E-state index is 13.1. The smallest absolute Gasteiger partial charge is 0.329 e. The Bertz CT molecular complexity index is 1930. The van der Waals surface area contributed by atoms with Gasteiger partial charge >= 0.3 is 5.97 Å². The van der Waals surface area contributed by atoms with Gasteiger partial charge in [-0.15, -0.1) is 0 Å². The van der Waals surface area contributed by atoms with E-state index in [4.69, 9.17) is 30.5 Å². The largest absolute Gasteiger partial charge is 0.493 e. The van der Waals surface area contributed by atoms with Crippen LogP contribution in [0, 0.1) is 17.8 Å². The quantitative estimate of drug-likeness (QED) is 0.187. The lowest BCUT2D eigenvalue weighted by molar-refractivity contribution is -0.144. The summed E-state index contributed by atoms with van der Waals surface area (Å²) in [4.78, 5) is 31.6. The number of halogens is 1. The van der Waals surface area contributed by atoms with Crippen molar-refractivity contribution in [2.75, 3.05) is 45.3 Å². The first-order valence-electron chi connectivity index (χ1n) is 20.7. The number of carboxylic acids is 1. The van der Waals surface area contributed by atoms with Gasteiger partial charge in [-0.05, 0) is 128 Å². The number of nitrogens with one attached hydrogen (secondary N) is 1. The van der Waals surface area contributed by atoms with E-state index in [1.807, 2.05) is 31.4 Å². The van der Waals surface area contributed by atoms with E-state index >= 15 is 0 Å². The van der Waals surface area contributed by atoms with Gasteiger partial charge in [0.25, 0.3) is 0 Å². The molecule has 2 aliphatic heterocycles. The van der Waals surface area contributed by atoms with Gasteiger partial charge in [0.1, 0.15) is 17.4 Å². The molecule has 2 aromatic carbocycles. The third-order valence-corrected chi connectivity index (χ3v) is 13.7. The number of aromatic nitrogens is 1. The third kappa shape index (κ3) is 7.80. The standard InChI is InChI=1S/C45H56ClN3O7/c1-28(25-55-38-10-16-47-37-9-4-6-29(2)42(37)38)18-32-20-31-21-39-40(56-35(11-17-54-39)27-53-26-30-19-41(50)49(3)24-30)23-36(31)44(32)12-14-45(15-13-44,43(51)52)48-34-8-5-7-33(46)22-34/h5,7-8,10,16,21-23,28-30,32,35,48H,4,6,9,11-15,17-20,24-27H2,1-3H3,(H,51,52)/t28-,29-,30?,32+,35-,44?,45?/m1/s1. The summed E-state index contributed by atoms with van der Waals surface area (Å²) in [6.45, 7) is 7.37. The molecule has 2 N–H and O–H groups in total. The number of carbonyl (C=O) groups is 2. The topological polar surface area (TPSA) is 119 Å². The van der Waals surface area contributed by atoms with Gasteiger partial charge in [-0.25, -0.2) is 4.79 Å². The lowest BCUT2D eigenvalue weighted by Crippen LogP contribution is -2.53. The van der Waals surface area contributed by atoms with Crippen molar-refractivity contribution in [3.8, 4) is 17.2 Å². The minimum atomic E-state index is -1.11. The molecule has 10 nitrogen and oxygen atoms in total. The van der Waals surface area contributed by atoms with Crippen molar-refractivity contribution in [1.82, 2.24) is 9.88 Å². The summed E-state index contributed by atoms with van der Waals surface area (Å²) in [6.07, 6.45) is 10.5. The highest BCUT2D eigenvalue weighted by atomic mass is 35.5. The predicted molar refractivity (Wildman–Crippen MR) is 215 cm³/mol. The Morgan fingerprint density at radius 1 is 1.11 bits per heavy atom. The Labute approximate surface area is 335 Å². The molecular weight excluding hydrogens is 730 g/mol. The number of likely N-dealkylation sites (tertiary alicyclic amines) is 1. The molecule has 0 radical (unpaired) electrons. The van der Waals surface area contributed by atoms with Gasteiger partial charge in [0, 0.05) is 60.5 Å². The van der Waals surface area contributed by atoms with Crippen molar-refractivity contribution < 1.29 is 33.6 Å². The molecule has 3 heterocycles. The number of aryl methyl sites for hydroxylation is 1. The number of pyridine rings is 1. The number of carbonyl (C=O) groups excluding carboxylic acids is 1. The molecule has 56 heavy (non-hydrogen) atoms. The normalized spacial score (nSPS) is 28.7. The molecule has 1 aromatic heterocycles. The first-order chi connectivity index (χ1) is 27.0. The second-order valence-electron chi connectivity index (χ2n) is 17.4. The Hall–Kier alpha value is -4.02. The van der Waals surface area contributed by atoms with E-state index in [0.29, 0.717) is 81.6 Å². The molecule has 1 saturated heterocycles. The van der Waals surface area contributed by atoms with Gasteiger partial charge in [0.15, 0.2) is 11.5 Å². The summed E-state index contributed by atoms with van der Waals surface area (Å²) in [5, 5.41) is 14.7. The number of hydrogen-bond acceptors (Lipinski definition) is 8. The maximum absolute atomic E-state index is 13.1. The van der Waals surface area contributed by atoms with E-state index in [9.17, 15) is 14.7 Å². The number of nitrogens with zero attached hydrogens (tertiary/aromatic N) is 2. The monoisotopic (exact) mass is 785 g/mol. The van der Waals surface area contributed by atoms with Crippen molar-refractivity contribution in [1.29, 1.82) is 0 Å². The summed E-state index contributed by atoms with van der Waals surface area (Å²) in [5.74, 6) is 2.98. The van der Waals surface area contributed by atoms with Crippen LogP contribution in [0.3, 0.4) is 0 Å². The highest BCUT2D eigenvalue weighted by molar-refractivity contribution is 6.30. The maximum Gasteiger partial charge on any atom is 0.329 e. The molecule has 8 rings (SSSR count). The number of anilines is 1. The molecule has 300 valence electrons. The number of carboxylic acid groups (broad SMARTS) is 1. The third-order valence-electron chi connectivity index (χ3n) is 13.4. The molecule has 5 atom stereocenters. The van der Waals surface area contributed by atoms with E-state index in [1.54, 1.807) is 17.0 Å². The number of amides is 1. The zero-order valence-electron chi connectivity index (χ0n) is 33.0. The molecule has 0 bridgehead atoms. The Balaban J connectivity index is 1.03. The number of ether oxygens (including phenoxy) is 4. The molecule has 11 heteroatoms. The van der Waals surface area contributed by atoms with Gasteiger partial charge in [-0.2, -0.15) is 0 Å². The molecule has 1 saturated carbocycles. The Morgan fingerprint density at radius 3 is 2.71 bits per heavy atom. The number of rotatable bonds is 12.